The van der Waals surface area contributed by atoms with Gasteiger partial charge in [-0.25, -0.2) is 4.98 Å². The second kappa shape index (κ2) is 8.43. The average Bonchev–Trinajstić information content (AvgIpc) is 3.36. The van der Waals surface area contributed by atoms with Gasteiger partial charge in [0.2, 0.25) is 11.7 Å². The summed E-state index contributed by atoms with van der Waals surface area (Å²) >= 11 is 1.33. The summed E-state index contributed by atoms with van der Waals surface area (Å²) in [6.45, 7) is 8.82. The van der Waals surface area contributed by atoms with Gasteiger partial charge in [0.05, 0.1) is 16.6 Å². The van der Waals surface area contributed by atoms with Crippen molar-refractivity contribution in [2.75, 3.05) is 13.1 Å². The highest BCUT2D eigenvalue weighted by Crippen LogP contribution is 2.35. The lowest BCUT2D eigenvalue weighted by molar-refractivity contribution is -0.131. The number of benzene rings is 1. The Balaban J connectivity index is 1.73. The number of hydrogen-bond donors (Lipinski definition) is 0. The number of carbonyl (C=O) groups is 1. The van der Waals surface area contributed by atoms with Crippen LogP contribution in [0.25, 0.3) is 32.4 Å². The van der Waals surface area contributed by atoms with Crippen LogP contribution in [0.2, 0.25) is 0 Å². The van der Waals surface area contributed by atoms with Crippen LogP contribution in [-0.2, 0) is 11.3 Å². The third kappa shape index (κ3) is 3.76. The molecule has 0 atom stereocenters. The minimum atomic E-state index is -0.246. The topological polar surface area (TPSA) is 94.1 Å². The molecule has 8 nitrogen and oxygen atoms in total. The van der Waals surface area contributed by atoms with E-state index < -0.39 is 0 Å². The Morgan fingerprint density at radius 1 is 1.19 bits per heavy atom. The van der Waals surface area contributed by atoms with Crippen molar-refractivity contribution in [1.82, 2.24) is 24.6 Å². The summed E-state index contributed by atoms with van der Waals surface area (Å²) in [7, 11) is 0. The fraction of sp³-hybridized carbons (Fsp3) is 0.318. The molecular weight excluding hydrogens is 414 g/mol. The molecule has 4 rings (SSSR count). The van der Waals surface area contributed by atoms with Gasteiger partial charge in [0.1, 0.15) is 11.4 Å². The monoisotopic (exact) mass is 437 g/mol. The van der Waals surface area contributed by atoms with Crippen molar-refractivity contribution in [2.45, 2.75) is 34.2 Å². The van der Waals surface area contributed by atoms with Crippen molar-refractivity contribution in [3.05, 3.63) is 52.1 Å². The van der Waals surface area contributed by atoms with Crippen LogP contribution in [0.15, 0.2) is 39.9 Å². The number of rotatable bonds is 6. The molecule has 4 aromatic rings. The van der Waals surface area contributed by atoms with Gasteiger partial charge < -0.3 is 9.42 Å². The second-order valence-corrected chi connectivity index (χ2v) is 8.22. The van der Waals surface area contributed by atoms with Gasteiger partial charge in [-0.1, -0.05) is 29.4 Å². The highest BCUT2D eigenvalue weighted by atomic mass is 32.1. The van der Waals surface area contributed by atoms with Gasteiger partial charge in [-0.05, 0) is 38.8 Å². The van der Waals surface area contributed by atoms with Crippen LogP contribution in [0, 0.1) is 13.8 Å². The first kappa shape index (κ1) is 20.9. The maximum atomic E-state index is 13.1. The maximum absolute atomic E-state index is 13.1. The molecule has 160 valence electrons. The van der Waals surface area contributed by atoms with Gasteiger partial charge in [-0.3, -0.25) is 14.2 Å². The van der Waals surface area contributed by atoms with E-state index in [1.807, 2.05) is 52.0 Å². The van der Waals surface area contributed by atoms with E-state index in [-0.39, 0.29) is 18.0 Å². The lowest BCUT2D eigenvalue weighted by Gasteiger charge is -2.18. The molecular formula is C22H23N5O3S. The summed E-state index contributed by atoms with van der Waals surface area (Å²) in [5.41, 5.74) is 2.42. The molecule has 0 radical (unpaired) electrons. The van der Waals surface area contributed by atoms with Crippen molar-refractivity contribution < 1.29 is 9.32 Å². The molecule has 0 N–H and O–H groups in total. The minimum absolute atomic E-state index is 0.0357. The number of likely N-dealkylation sites (N-methyl/N-ethyl adjacent to an activating group) is 1. The zero-order valence-electron chi connectivity index (χ0n) is 17.9. The van der Waals surface area contributed by atoms with Crippen LogP contribution in [0.1, 0.15) is 25.0 Å². The minimum Gasteiger partial charge on any atom is -0.342 e. The Bertz CT molecular complexity index is 1320. The third-order valence-corrected chi connectivity index (χ3v) is 6.53. The first-order valence-corrected chi connectivity index (χ1v) is 10.9. The van der Waals surface area contributed by atoms with Crippen LogP contribution in [-0.4, -0.2) is 43.6 Å². The van der Waals surface area contributed by atoms with Crippen LogP contribution in [0.3, 0.4) is 0 Å². The number of carbonyl (C=O) groups excluding carboxylic acids is 1. The molecule has 1 aromatic carbocycles. The van der Waals surface area contributed by atoms with Gasteiger partial charge >= 0.3 is 0 Å². The number of fused-ring (bicyclic) bond motifs is 1. The molecule has 0 saturated carbocycles. The van der Waals surface area contributed by atoms with Gasteiger partial charge in [-0.15, -0.1) is 11.3 Å². The summed E-state index contributed by atoms with van der Waals surface area (Å²) in [6.07, 6.45) is 1.43. The molecule has 0 spiro atoms. The quantitative estimate of drug-likeness (QED) is 0.457. The SMILES string of the molecule is CCN(CC)C(=O)Cn1cnc2sc(-c3nc(-c4ccccc4C)no3)c(C)c2c1=O. The lowest BCUT2D eigenvalue weighted by Crippen LogP contribution is -2.36. The van der Waals surface area contributed by atoms with Gasteiger partial charge in [0.25, 0.3) is 11.4 Å². The standard InChI is InChI=1S/C22H23N5O3S/c1-5-26(6-2)16(28)11-27-12-23-21-17(22(27)29)14(4)18(31-21)20-24-19(25-30-20)15-10-8-7-9-13(15)3/h7-10,12H,5-6,11H2,1-4H3. The van der Waals surface area contributed by atoms with E-state index in [9.17, 15) is 9.59 Å². The summed E-state index contributed by atoms with van der Waals surface area (Å²) in [6, 6.07) is 7.81. The predicted molar refractivity (Wildman–Crippen MR) is 120 cm³/mol. The average molecular weight is 438 g/mol. The molecule has 1 amide bonds. The normalized spacial score (nSPS) is 11.2. The number of hydrogen-bond acceptors (Lipinski definition) is 7. The number of nitrogens with zero attached hydrogens (tertiary/aromatic N) is 5. The zero-order chi connectivity index (χ0) is 22.1. The molecule has 0 saturated heterocycles. The first-order chi connectivity index (χ1) is 14.9. The maximum Gasteiger partial charge on any atom is 0.268 e. The van der Waals surface area contributed by atoms with Crippen LogP contribution in [0.4, 0.5) is 0 Å². The number of thiophene rings is 1. The van der Waals surface area contributed by atoms with E-state index in [4.69, 9.17) is 4.52 Å². The summed E-state index contributed by atoms with van der Waals surface area (Å²) in [5.74, 6) is 0.741. The smallest absolute Gasteiger partial charge is 0.268 e. The summed E-state index contributed by atoms with van der Waals surface area (Å²) < 4.78 is 6.88. The Morgan fingerprint density at radius 3 is 2.65 bits per heavy atom. The molecule has 0 aliphatic carbocycles. The number of aryl methyl sites for hydroxylation is 2. The van der Waals surface area contributed by atoms with Gasteiger partial charge in [-0.2, -0.15) is 4.98 Å². The Morgan fingerprint density at radius 2 is 1.94 bits per heavy atom. The second-order valence-electron chi connectivity index (χ2n) is 7.22. The number of amides is 1. The molecule has 0 aliphatic rings. The fourth-order valence-corrected chi connectivity index (χ4v) is 4.61. The van der Waals surface area contributed by atoms with E-state index in [0.29, 0.717) is 39.9 Å². The molecule has 0 bridgehead atoms. The third-order valence-electron chi connectivity index (χ3n) is 5.35. The Hall–Kier alpha value is -3.33. The molecule has 3 heterocycles. The van der Waals surface area contributed by atoms with E-state index in [1.165, 1.54) is 22.2 Å². The molecule has 0 unspecified atom stereocenters. The largest absolute Gasteiger partial charge is 0.342 e. The van der Waals surface area contributed by atoms with Crippen molar-refractivity contribution in [3.63, 3.8) is 0 Å². The van der Waals surface area contributed by atoms with Gasteiger partial charge in [0.15, 0.2) is 0 Å². The first-order valence-electron chi connectivity index (χ1n) is 10.1. The highest BCUT2D eigenvalue weighted by Gasteiger charge is 2.22. The molecule has 0 fully saturated rings. The highest BCUT2D eigenvalue weighted by molar-refractivity contribution is 7.22. The van der Waals surface area contributed by atoms with Crippen LogP contribution in [0.5, 0.6) is 0 Å². The zero-order valence-corrected chi connectivity index (χ0v) is 18.7. The van der Waals surface area contributed by atoms with Crippen molar-refractivity contribution in [2.24, 2.45) is 0 Å². The fourth-order valence-electron chi connectivity index (χ4n) is 3.55. The molecule has 0 aliphatic heterocycles. The molecule has 3 aromatic heterocycles. The molecule has 9 heteroatoms. The van der Waals surface area contributed by atoms with Crippen molar-refractivity contribution in [3.8, 4) is 22.2 Å². The van der Waals surface area contributed by atoms with Crippen molar-refractivity contribution in [1.29, 1.82) is 0 Å². The predicted octanol–water partition coefficient (Wildman–Crippen LogP) is 3.66. The Labute approximate surface area is 183 Å². The molecule has 31 heavy (non-hydrogen) atoms. The van der Waals surface area contributed by atoms with Gasteiger partial charge in [0, 0.05) is 18.7 Å². The lowest BCUT2D eigenvalue weighted by atomic mass is 10.1. The Kier molecular flexibility index (Phi) is 5.69. The van der Waals surface area contributed by atoms with Crippen LogP contribution < -0.4 is 5.56 Å². The van der Waals surface area contributed by atoms with E-state index in [1.54, 1.807) is 4.90 Å². The van der Waals surface area contributed by atoms with Crippen molar-refractivity contribution >= 4 is 27.5 Å². The summed E-state index contributed by atoms with van der Waals surface area (Å²) in [4.78, 5) is 37.5. The van der Waals surface area contributed by atoms with Crippen LogP contribution >= 0.6 is 11.3 Å². The van der Waals surface area contributed by atoms with E-state index in [0.717, 1.165) is 16.7 Å². The number of aromatic nitrogens is 4. The van der Waals surface area contributed by atoms with E-state index in [2.05, 4.69) is 15.1 Å². The van der Waals surface area contributed by atoms with E-state index >= 15 is 0 Å². The summed E-state index contributed by atoms with van der Waals surface area (Å²) in [5, 5.41) is 4.60.